The summed E-state index contributed by atoms with van der Waals surface area (Å²) in [6, 6.07) is 4.61. The molecule has 0 saturated carbocycles. The van der Waals surface area contributed by atoms with Crippen LogP contribution in [0.25, 0.3) is 0 Å². The van der Waals surface area contributed by atoms with Gasteiger partial charge >= 0.3 is 0 Å². The van der Waals surface area contributed by atoms with Gasteiger partial charge in [-0.1, -0.05) is 11.6 Å². The lowest BCUT2D eigenvalue weighted by Gasteiger charge is -2.11. The van der Waals surface area contributed by atoms with E-state index in [1.165, 1.54) is 13.2 Å². The lowest BCUT2D eigenvalue weighted by molar-refractivity contribution is 0.0610. The number of methoxy groups -OCH3 is 1. The van der Waals surface area contributed by atoms with E-state index in [0.29, 0.717) is 16.3 Å². The molecule has 0 aromatic heterocycles. The van der Waals surface area contributed by atoms with Gasteiger partial charge in [-0.05, 0) is 18.2 Å². The molecular weight excluding hydrogens is 244 g/mol. The first kappa shape index (κ1) is 13.8. The van der Waals surface area contributed by atoms with Gasteiger partial charge in [-0.25, -0.2) is 0 Å². The van der Waals surface area contributed by atoms with Crippen LogP contribution in [0.4, 0.5) is 5.69 Å². The third-order valence-electron chi connectivity index (χ3n) is 2.12. The number of benzene rings is 1. The number of ether oxygens (including phenoxy) is 1. The van der Waals surface area contributed by atoms with Crippen molar-refractivity contribution in [2.24, 2.45) is 0 Å². The van der Waals surface area contributed by atoms with E-state index in [1.807, 2.05) is 0 Å². The molecule has 0 aliphatic carbocycles. The molecule has 0 radical (unpaired) electrons. The maximum Gasteiger partial charge on any atom is 0.251 e. The van der Waals surface area contributed by atoms with Gasteiger partial charge < -0.3 is 20.9 Å². The highest BCUT2D eigenvalue weighted by Crippen LogP contribution is 2.19. The molecule has 1 rings (SSSR count). The van der Waals surface area contributed by atoms with Gasteiger partial charge in [-0.2, -0.15) is 0 Å². The number of nitrogen functional groups attached to an aromatic ring is 1. The van der Waals surface area contributed by atoms with Crippen molar-refractivity contribution in [1.82, 2.24) is 5.32 Å². The van der Waals surface area contributed by atoms with Gasteiger partial charge in [0.15, 0.2) is 0 Å². The van der Waals surface area contributed by atoms with Crippen molar-refractivity contribution in [3.63, 3.8) is 0 Å². The summed E-state index contributed by atoms with van der Waals surface area (Å²) in [6.07, 6.45) is -0.729. The summed E-state index contributed by atoms with van der Waals surface area (Å²) in [5.41, 5.74) is 6.35. The molecule has 17 heavy (non-hydrogen) atoms. The lowest BCUT2D eigenvalue weighted by atomic mass is 10.2. The summed E-state index contributed by atoms with van der Waals surface area (Å²) in [7, 11) is 1.48. The monoisotopic (exact) mass is 258 g/mol. The highest BCUT2D eigenvalue weighted by molar-refractivity contribution is 6.33. The number of anilines is 1. The van der Waals surface area contributed by atoms with Gasteiger partial charge in [0.1, 0.15) is 0 Å². The van der Waals surface area contributed by atoms with Crippen LogP contribution in [-0.4, -0.2) is 37.4 Å². The summed E-state index contributed by atoms with van der Waals surface area (Å²) < 4.78 is 4.74. The zero-order chi connectivity index (χ0) is 12.8. The zero-order valence-corrected chi connectivity index (χ0v) is 10.2. The van der Waals surface area contributed by atoms with Crippen LogP contribution in [0.3, 0.4) is 0 Å². The second kappa shape index (κ2) is 6.44. The maximum absolute atomic E-state index is 11.7. The standard InChI is InChI=1S/C11H15ClN2O3/c1-17-6-8(15)5-14-11(16)7-2-3-10(13)9(12)4-7/h2-4,8,15H,5-6,13H2,1H3,(H,14,16). The minimum absolute atomic E-state index is 0.120. The molecule has 1 amide bonds. The van der Waals surface area contributed by atoms with Crippen molar-refractivity contribution in [1.29, 1.82) is 0 Å². The Bertz CT molecular complexity index is 398. The van der Waals surface area contributed by atoms with Gasteiger partial charge in [-0.15, -0.1) is 0 Å². The van der Waals surface area contributed by atoms with E-state index in [1.54, 1.807) is 12.1 Å². The molecular formula is C11H15ClN2O3. The largest absolute Gasteiger partial charge is 0.398 e. The van der Waals surface area contributed by atoms with Crippen LogP contribution >= 0.6 is 11.6 Å². The second-order valence-electron chi connectivity index (χ2n) is 3.56. The van der Waals surface area contributed by atoms with Crippen LogP contribution < -0.4 is 11.1 Å². The number of carbonyl (C=O) groups excluding carboxylic acids is 1. The third-order valence-corrected chi connectivity index (χ3v) is 2.45. The van der Waals surface area contributed by atoms with Crippen LogP contribution in [0.1, 0.15) is 10.4 Å². The predicted octanol–water partition coefficient (Wildman–Crippen LogP) is 0.659. The number of hydrogen-bond acceptors (Lipinski definition) is 4. The first-order valence-corrected chi connectivity index (χ1v) is 5.42. The normalized spacial score (nSPS) is 12.2. The molecule has 0 heterocycles. The molecule has 1 aromatic carbocycles. The summed E-state index contributed by atoms with van der Waals surface area (Å²) >= 11 is 5.80. The minimum atomic E-state index is -0.729. The summed E-state index contributed by atoms with van der Waals surface area (Å²) in [5, 5.41) is 12.2. The van der Waals surface area contributed by atoms with Crippen molar-refractivity contribution in [2.45, 2.75) is 6.10 Å². The van der Waals surface area contributed by atoms with Crippen LogP contribution in [0.15, 0.2) is 18.2 Å². The first-order chi connectivity index (χ1) is 8.04. The molecule has 1 unspecified atom stereocenters. The summed E-state index contributed by atoms with van der Waals surface area (Å²) in [5.74, 6) is -0.318. The average Bonchev–Trinajstić information content (AvgIpc) is 2.30. The van der Waals surface area contributed by atoms with Gasteiger partial charge in [0.05, 0.1) is 23.4 Å². The maximum atomic E-state index is 11.7. The van der Waals surface area contributed by atoms with Crippen LogP contribution in [0.5, 0.6) is 0 Å². The number of amides is 1. The van der Waals surface area contributed by atoms with Crippen molar-refractivity contribution >= 4 is 23.2 Å². The molecule has 0 aliphatic heterocycles. The second-order valence-corrected chi connectivity index (χ2v) is 3.96. The Balaban J connectivity index is 2.55. The molecule has 1 aromatic rings. The number of aliphatic hydroxyl groups is 1. The molecule has 1 atom stereocenters. The van der Waals surface area contributed by atoms with Crippen molar-refractivity contribution in [3.05, 3.63) is 28.8 Å². The Morgan fingerprint density at radius 1 is 1.65 bits per heavy atom. The van der Waals surface area contributed by atoms with Gasteiger partial charge in [-0.3, -0.25) is 4.79 Å². The van der Waals surface area contributed by atoms with E-state index in [0.717, 1.165) is 0 Å². The van der Waals surface area contributed by atoms with Crippen molar-refractivity contribution in [2.75, 3.05) is 26.0 Å². The fourth-order valence-electron chi connectivity index (χ4n) is 1.23. The van der Waals surface area contributed by atoms with E-state index < -0.39 is 6.10 Å². The highest BCUT2D eigenvalue weighted by atomic mass is 35.5. The van der Waals surface area contributed by atoms with E-state index in [-0.39, 0.29) is 19.1 Å². The quantitative estimate of drug-likeness (QED) is 0.678. The molecule has 5 nitrogen and oxygen atoms in total. The van der Waals surface area contributed by atoms with Crippen LogP contribution in [0, 0.1) is 0 Å². The number of aliphatic hydroxyl groups excluding tert-OH is 1. The number of nitrogens with two attached hydrogens (primary N) is 1. The van der Waals surface area contributed by atoms with E-state index in [4.69, 9.17) is 22.1 Å². The zero-order valence-electron chi connectivity index (χ0n) is 9.44. The number of rotatable bonds is 5. The predicted molar refractivity (Wildman–Crippen MR) is 66.1 cm³/mol. The molecule has 0 spiro atoms. The van der Waals surface area contributed by atoms with Crippen molar-refractivity contribution in [3.8, 4) is 0 Å². The van der Waals surface area contributed by atoms with E-state index in [9.17, 15) is 9.90 Å². The molecule has 0 saturated heterocycles. The Kier molecular flexibility index (Phi) is 5.21. The summed E-state index contributed by atoms with van der Waals surface area (Å²) in [4.78, 5) is 11.7. The number of carbonyl (C=O) groups is 1. The third kappa shape index (κ3) is 4.22. The smallest absolute Gasteiger partial charge is 0.251 e. The van der Waals surface area contributed by atoms with Crippen LogP contribution in [0.2, 0.25) is 5.02 Å². The Morgan fingerprint density at radius 3 is 2.94 bits per heavy atom. The van der Waals surface area contributed by atoms with Gasteiger partial charge in [0, 0.05) is 19.2 Å². The number of halogens is 1. The average molecular weight is 259 g/mol. The molecule has 94 valence electrons. The molecule has 6 heteroatoms. The Labute approximate surface area is 105 Å². The van der Waals surface area contributed by atoms with Gasteiger partial charge in [0.2, 0.25) is 0 Å². The topological polar surface area (TPSA) is 84.6 Å². The lowest BCUT2D eigenvalue weighted by Crippen LogP contribution is -2.34. The fraction of sp³-hybridized carbons (Fsp3) is 0.364. The molecule has 0 aliphatic rings. The molecule has 0 fully saturated rings. The first-order valence-electron chi connectivity index (χ1n) is 5.04. The number of nitrogens with one attached hydrogen (secondary N) is 1. The summed E-state index contributed by atoms with van der Waals surface area (Å²) in [6.45, 7) is 0.289. The Morgan fingerprint density at radius 2 is 2.35 bits per heavy atom. The fourth-order valence-corrected chi connectivity index (χ4v) is 1.41. The molecule has 4 N–H and O–H groups in total. The van der Waals surface area contributed by atoms with Crippen molar-refractivity contribution < 1.29 is 14.6 Å². The number of hydrogen-bond donors (Lipinski definition) is 3. The van der Waals surface area contributed by atoms with Gasteiger partial charge in [0.25, 0.3) is 5.91 Å². The molecule has 0 bridgehead atoms. The van der Waals surface area contributed by atoms with E-state index >= 15 is 0 Å². The Hall–Kier alpha value is -1.30. The van der Waals surface area contributed by atoms with E-state index in [2.05, 4.69) is 5.32 Å². The SMILES string of the molecule is COCC(O)CNC(=O)c1ccc(N)c(Cl)c1. The van der Waals surface area contributed by atoms with Crippen LogP contribution in [-0.2, 0) is 4.74 Å². The highest BCUT2D eigenvalue weighted by Gasteiger charge is 2.09. The minimum Gasteiger partial charge on any atom is -0.398 e.